The molecule has 3 rings (SSSR count). The first-order valence-corrected chi connectivity index (χ1v) is 8.26. The largest absolute Gasteiger partial charge is 0.356 e. The summed E-state index contributed by atoms with van der Waals surface area (Å²) in [4.78, 5) is 16.0. The molecule has 2 heterocycles. The van der Waals surface area contributed by atoms with Crippen LogP contribution >= 0.6 is 23.1 Å². The Morgan fingerprint density at radius 3 is 2.87 bits per heavy atom. The summed E-state index contributed by atoms with van der Waals surface area (Å²) in [6.45, 7) is 0.519. The number of benzene rings is 1. The van der Waals surface area contributed by atoms with E-state index in [-0.39, 0.29) is 11.4 Å². The SMILES string of the molecule is Cn1ccnc(Sc2nnc(NCc3ccc(F)cc3)s2)c1=O. The molecule has 0 saturated carbocycles. The molecular weight excluding hydrogens is 337 g/mol. The van der Waals surface area contributed by atoms with Crippen molar-refractivity contribution in [3.05, 3.63) is 58.4 Å². The van der Waals surface area contributed by atoms with E-state index in [0.29, 0.717) is 21.0 Å². The molecule has 6 nitrogen and oxygen atoms in total. The molecule has 0 unspecified atom stereocenters. The fourth-order valence-corrected chi connectivity index (χ4v) is 3.44. The topological polar surface area (TPSA) is 72.7 Å². The van der Waals surface area contributed by atoms with Gasteiger partial charge in [0.15, 0.2) is 9.37 Å². The molecular formula is C14H12FN5OS2. The lowest BCUT2D eigenvalue weighted by Crippen LogP contribution is -2.18. The highest BCUT2D eigenvalue weighted by Crippen LogP contribution is 2.29. The quantitative estimate of drug-likeness (QED) is 0.763. The number of hydrogen-bond acceptors (Lipinski definition) is 7. The van der Waals surface area contributed by atoms with Gasteiger partial charge in [0.2, 0.25) is 5.13 Å². The minimum atomic E-state index is -0.264. The van der Waals surface area contributed by atoms with Crippen LogP contribution in [-0.2, 0) is 13.6 Å². The van der Waals surface area contributed by atoms with Crippen molar-refractivity contribution in [2.24, 2.45) is 7.05 Å². The Hall–Kier alpha value is -2.26. The van der Waals surface area contributed by atoms with Gasteiger partial charge in [-0.3, -0.25) is 4.79 Å². The number of aromatic nitrogens is 4. The monoisotopic (exact) mass is 349 g/mol. The Morgan fingerprint density at radius 1 is 1.30 bits per heavy atom. The molecule has 0 aliphatic carbocycles. The van der Waals surface area contributed by atoms with Gasteiger partial charge in [0.05, 0.1) is 0 Å². The highest BCUT2D eigenvalue weighted by Gasteiger charge is 2.10. The van der Waals surface area contributed by atoms with Gasteiger partial charge in [0, 0.05) is 26.0 Å². The van der Waals surface area contributed by atoms with Crippen LogP contribution in [0.15, 0.2) is 50.8 Å². The van der Waals surface area contributed by atoms with E-state index in [9.17, 15) is 9.18 Å². The van der Waals surface area contributed by atoms with Crippen molar-refractivity contribution in [1.82, 2.24) is 19.7 Å². The summed E-state index contributed by atoms with van der Waals surface area (Å²) < 4.78 is 14.9. The van der Waals surface area contributed by atoms with E-state index in [1.165, 1.54) is 39.8 Å². The lowest BCUT2D eigenvalue weighted by molar-refractivity contribution is 0.627. The lowest BCUT2D eigenvalue weighted by Gasteiger charge is -2.01. The average molecular weight is 349 g/mol. The first-order valence-electron chi connectivity index (χ1n) is 6.63. The predicted octanol–water partition coefficient (Wildman–Crippen LogP) is 2.53. The number of rotatable bonds is 5. The van der Waals surface area contributed by atoms with Crippen LogP contribution in [-0.4, -0.2) is 19.7 Å². The molecule has 0 bridgehead atoms. The lowest BCUT2D eigenvalue weighted by atomic mass is 10.2. The molecule has 0 spiro atoms. The van der Waals surface area contributed by atoms with E-state index < -0.39 is 0 Å². The van der Waals surface area contributed by atoms with Crippen LogP contribution < -0.4 is 10.9 Å². The maximum absolute atomic E-state index is 12.8. The summed E-state index contributed by atoms with van der Waals surface area (Å²) in [5.74, 6) is -0.264. The van der Waals surface area contributed by atoms with Gasteiger partial charge < -0.3 is 9.88 Å². The summed E-state index contributed by atoms with van der Waals surface area (Å²) in [7, 11) is 1.67. The Morgan fingerprint density at radius 2 is 2.09 bits per heavy atom. The molecule has 3 aromatic rings. The van der Waals surface area contributed by atoms with Crippen molar-refractivity contribution in [2.45, 2.75) is 15.9 Å². The minimum Gasteiger partial charge on any atom is -0.356 e. The average Bonchev–Trinajstić information content (AvgIpc) is 2.99. The highest BCUT2D eigenvalue weighted by atomic mass is 32.2. The Kier molecular flexibility index (Phi) is 4.68. The van der Waals surface area contributed by atoms with Gasteiger partial charge in [0.25, 0.3) is 5.56 Å². The number of nitrogens with one attached hydrogen (secondary N) is 1. The van der Waals surface area contributed by atoms with Crippen molar-refractivity contribution < 1.29 is 4.39 Å². The minimum absolute atomic E-state index is 0.173. The van der Waals surface area contributed by atoms with Gasteiger partial charge in [-0.05, 0) is 29.5 Å². The van der Waals surface area contributed by atoms with Crippen molar-refractivity contribution in [3.8, 4) is 0 Å². The number of nitrogens with zero attached hydrogens (tertiary/aromatic N) is 4. The Balaban J connectivity index is 1.65. The van der Waals surface area contributed by atoms with E-state index in [0.717, 1.165) is 5.56 Å². The zero-order valence-corrected chi connectivity index (χ0v) is 13.7. The molecule has 1 N–H and O–H groups in total. The zero-order chi connectivity index (χ0) is 16.2. The van der Waals surface area contributed by atoms with Gasteiger partial charge in [-0.25, -0.2) is 9.37 Å². The third-order valence-corrected chi connectivity index (χ3v) is 4.84. The van der Waals surface area contributed by atoms with E-state index in [1.54, 1.807) is 31.6 Å². The summed E-state index contributed by atoms with van der Waals surface area (Å²) in [6, 6.07) is 6.23. The molecule has 118 valence electrons. The first-order chi connectivity index (χ1) is 11.1. The number of aryl methyl sites for hydroxylation is 1. The van der Waals surface area contributed by atoms with Crippen LogP contribution in [0.3, 0.4) is 0 Å². The standard InChI is InChI=1S/C14H12FN5OS2/c1-20-7-6-16-11(12(20)21)22-14-19-18-13(23-14)17-8-9-2-4-10(15)5-3-9/h2-7H,8H2,1H3,(H,17,18). The number of hydrogen-bond donors (Lipinski definition) is 1. The fraction of sp³-hybridized carbons (Fsp3) is 0.143. The molecule has 0 aliphatic rings. The van der Waals surface area contributed by atoms with Crippen molar-refractivity contribution in [3.63, 3.8) is 0 Å². The molecule has 2 aromatic heterocycles. The highest BCUT2D eigenvalue weighted by molar-refractivity contribution is 8.01. The van der Waals surface area contributed by atoms with Gasteiger partial charge in [0.1, 0.15) is 5.82 Å². The van der Waals surface area contributed by atoms with Crippen LogP contribution in [0.25, 0.3) is 0 Å². The Bertz CT molecular complexity index is 862. The maximum Gasteiger partial charge on any atom is 0.283 e. The molecule has 9 heteroatoms. The second-order valence-corrected chi connectivity index (χ2v) is 6.82. The molecule has 0 aliphatic heterocycles. The predicted molar refractivity (Wildman–Crippen MR) is 87.2 cm³/mol. The smallest absolute Gasteiger partial charge is 0.283 e. The van der Waals surface area contributed by atoms with E-state index in [2.05, 4.69) is 20.5 Å². The maximum atomic E-state index is 12.8. The van der Waals surface area contributed by atoms with Crippen LogP contribution in [0, 0.1) is 5.82 Å². The van der Waals surface area contributed by atoms with Gasteiger partial charge in [-0.1, -0.05) is 23.5 Å². The molecule has 0 amide bonds. The molecule has 23 heavy (non-hydrogen) atoms. The van der Waals surface area contributed by atoms with Gasteiger partial charge in [-0.15, -0.1) is 10.2 Å². The summed E-state index contributed by atoms with van der Waals surface area (Å²) in [5, 5.41) is 12.2. The Labute approximate surface area is 139 Å². The first kappa shape index (κ1) is 15.6. The van der Waals surface area contributed by atoms with Gasteiger partial charge >= 0.3 is 0 Å². The van der Waals surface area contributed by atoms with Gasteiger partial charge in [-0.2, -0.15) is 0 Å². The third kappa shape index (κ3) is 3.93. The summed E-state index contributed by atoms with van der Waals surface area (Å²) in [5.41, 5.74) is 0.767. The molecule has 0 atom stereocenters. The van der Waals surface area contributed by atoms with Crippen molar-refractivity contribution in [1.29, 1.82) is 0 Å². The van der Waals surface area contributed by atoms with E-state index in [1.807, 2.05) is 0 Å². The zero-order valence-electron chi connectivity index (χ0n) is 12.1. The van der Waals surface area contributed by atoms with Crippen molar-refractivity contribution in [2.75, 3.05) is 5.32 Å². The van der Waals surface area contributed by atoms with Crippen LogP contribution in [0.2, 0.25) is 0 Å². The van der Waals surface area contributed by atoms with Crippen LogP contribution in [0.5, 0.6) is 0 Å². The summed E-state index contributed by atoms with van der Waals surface area (Å²) in [6.07, 6.45) is 3.17. The second-order valence-electron chi connectivity index (χ2n) is 4.60. The summed E-state index contributed by atoms with van der Waals surface area (Å²) >= 11 is 2.52. The molecule has 1 aromatic carbocycles. The normalized spacial score (nSPS) is 10.7. The van der Waals surface area contributed by atoms with Crippen LogP contribution in [0.4, 0.5) is 9.52 Å². The molecule has 0 radical (unpaired) electrons. The number of halogens is 1. The molecule has 0 saturated heterocycles. The van der Waals surface area contributed by atoms with Crippen LogP contribution in [0.1, 0.15) is 5.56 Å². The number of anilines is 1. The van der Waals surface area contributed by atoms with Crippen molar-refractivity contribution >= 4 is 28.2 Å². The molecule has 0 fully saturated rings. The van der Waals surface area contributed by atoms with E-state index in [4.69, 9.17) is 0 Å². The third-order valence-electron chi connectivity index (χ3n) is 2.93. The second kappa shape index (κ2) is 6.88. The van der Waals surface area contributed by atoms with E-state index >= 15 is 0 Å². The fourth-order valence-electron chi connectivity index (χ4n) is 1.73.